The van der Waals surface area contributed by atoms with Crippen LogP contribution in [0.3, 0.4) is 0 Å². The quantitative estimate of drug-likeness (QED) is 0.675. The van der Waals surface area contributed by atoms with E-state index in [0.717, 1.165) is 16.9 Å². The number of amides is 1. The molecule has 1 amide bonds. The van der Waals surface area contributed by atoms with Gasteiger partial charge in [0.25, 0.3) is 5.91 Å². The molecule has 0 aliphatic heterocycles. The fourth-order valence-corrected chi connectivity index (χ4v) is 3.81. The molecule has 1 aromatic heterocycles. The van der Waals surface area contributed by atoms with Crippen LogP contribution in [0.5, 0.6) is 0 Å². The number of hydrogen-bond donors (Lipinski definition) is 1. The summed E-state index contributed by atoms with van der Waals surface area (Å²) in [6.45, 7) is 3.73. The Morgan fingerprint density at radius 1 is 1.07 bits per heavy atom. The molecule has 3 rings (SSSR count). The highest BCUT2D eigenvalue weighted by Crippen LogP contribution is 2.19. The highest BCUT2D eigenvalue weighted by molar-refractivity contribution is 7.89. The number of carbonyl (C=O) groups excluding carboxylic acids is 1. The minimum absolute atomic E-state index is 0.210. The second-order valence-electron chi connectivity index (χ2n) is 6.97. The Hall–Kier alpha value is -2.97. The summed E-state index contributed by atoms with van der Waals surface area (Å²) >= 11 is 0. The normalized spacial score (nSPS) is 12.7. The van der Waals surface area contributed by atoms with E-state index in [2.05, 4.69) is 10.4 Å². The van der Waals surface area contributed by atoms with Crippen molar-refractivity contribution >= 4 is 15.9 Å². The van der Waals surface area contributed by atoms with Gasteiger partial charge < -0.3 is 5.32 Å². The SMILES string of the molecule is Cc1cc(C(=O)NC(C)c2ccc(S(=O)(=O)N(C)C)cc2)nn1-c1ccccc1. The number of carbonyl (C=O) groups is 1. The van der Waals surface area contributed by atoms with E-state index in [-0.39, 0.29) is 16.8 Å². The van der Waals surface area contributed by atoms with Crippen LogP contribution >= 0.6 is 0 Å². The Morgan fingerprint density at radius 3 is 2.28 bits per heavy atom. The van der Waals surface area contributed by atoms with E-state index in [1.807, 2.05) is 44.2 Å². The van der Waals surface area contributed by atoms with Crippen molar-refractivity contribution in [2.45, 2.75) is 24.8 Å². The van der Waals surface area contributed by atoms with Crippen molar-refractivity contribution in [3.63, 3.8) is 0 Å². The number of aromatic nitrogens is 2. The van der Waals surface area contributed by atoms with E-state index in [4.69, 9.17) is 0 Å². The highest BCUT2D eigenvalue weighted by Gasteiger charge is 2.19. The van der Waals surface area contributed by atoms with Crippen molar-refractivity contribution in [3.8, 4) is 5.69 Å². The molecule has 0 bridgehead atoms. The molecule has 0 radical (unpaired) electrons. The highest BCUT2D eigenvalue weighted by atomic mass is 32.2. The maximum absolute atomic E-state index is 12.7. The topological polar surface area (TPSA) is 84.3 Å². The fraction of sp³-hybridized carbons (Fsp3) is 0.238. The molecule has 152 valence electrons. The summed E-state index contributed by atoms with van der Waals surface area (Å²) in [4.78, 5) is 12.9. The van der Waals surface area contributed by atoms with Gasteiger partial charge in [-0.3, -0.25) is 4.79 Å². The zero-order valence-electron chi connectivity index (χ0n) is 16.8. The minimum atomic E-state index is -3.48. The number of sulfonamides is 1. The van der Waals surface area contributed by atoms with Crippen molar-refractivity contribution in [2.24, 2.45) is 0 Å². The summed E-state index contributed by atoms with van der Waals surface area (Å²) in [5.41, 5.74) is 2.86. The lowest BCUT2D eigenvalue weighted by Crippen LogP contribution is -2.27. The molecular formula is C21H24N4O3S. The zero-order valence-corrected chi connectivity index (χ0v) is 17.6. The van der Waals surface area contributed by atoms with Gasteiger partial charge in [-0.2, -0.15) is 5.10 Å². The second kappa shape index (κ2) is 8.18. The first-order chi connectivity index (χ1) is 13.7. The Labute approximate surface area is 171 Å². The molecule has 0 saturated carbocycles. The van der Waals surface area contributed by atoms with E-state index < -0.39 is 10.0 Å². The van der Waals surface area contributed by atoms with E-state index in [9.17, 15) is 13.2 Å². The number of nitrogens with zero attached hydrogens (tertiary/aromatic N) is 3. The maximum Gasteiger partial charge on any atom is 0.272 e. The molecule has 0 aliphatic carbocycles. The number of benzene rings is 2. The molecule has 8 heteroatoms. The van der Waals surface area contributed by atoms with Gasteiger partial charge in [0, 0.05) is 19.8 Å². The molecule has 1 heterocycles. The molecule has 7 nitrogen and oxygen atoms in total. The number of rotatable bonds is 6. The van der Waals surface area contributed by atoms with Gasteiger partial charge in [-0.1, -0.05) is 30.3 Å². The summed E-state index contributed by atoms with van der Waals surface area (Å²) in [7, 11) is -0.503. The van der Waals surface area contributed by atoms with E-state index in [1.54, 1.807) is 35.0 Å². The summed E-state index contributed by atoms with van der Waals surface area (Å²) < 4.78 is 27.2. The van der Waals surface area contributed by atoms with Gasteiger partial charge in [-0.25, -0.2) is 17.4 Å². The summed E-state index contributed by atoms with van der Waals surface area (Å²) in [6, 6.07) is 17.5. The minimum Gasteiger partial charge on any atom is -0.344 e. The van der Waals surface area contributed by atoms with Gasteiger partial charge >= 0.3 is 0 Å². The van der Waals surface area contributed by atoms with Gasteiger partial charge in [0.2, 0.25) is 10.0 Å². The number of nitrogens with one attached hydrogen (secondary N) is 1. The third-order valence-electron chi connectivity index (χ3n) is 4.63. The van der Waals surface area contributed by atoms with E-state index in [1.165, 1.54) is 18.4 Å². The Balaban J connectivity index is 1.74. The summed E-state index contributed by atoms with van der Waals surface area (Å²) in [5, 5.41) is 7.32. The second-order valence-corrected chi connectivity index (χ2v) is 9.12. The lowest BCUT2D eigenvalue weighted by molar-refractivity contribution is 0.0934. The van der Waals surface area contributed by atoms with Gasteiger partial charge in [-0.05, 0) is 49.7 Å². The molecule has 0 aliphatic rings. The molecule has 1 atom stereocenters. The Morgan fingerprint density at radius 2 is 1.69 bits per heavy atom. The lowest BCUT2D eigenvalue weighted by Gasteiger charge is -2.15. The lowest BCUT2D eigenvalue weighted by atomic mass is 10.1. The third kappa shape index (κ3) is 4.38. The van der Waals surface area contributed by atoms with Crippen LogP contribution in [0.15, 0.2) is 65.6 Å². The molecular weight excluding hydrogens is 388 g/mol. The molecule has 1 unspecified atom stereocenters. The van der Waals surface area contributed by atoms with Gasteiger partial charge in [0.05, 0.1) is 16.6 Å². The third-order valence-corrected chi connectivity index (χ3v) is 6.46. The van der Waals surface area contributed by atoms with Crippen LogP contribution in [-0.4, -0.2) is 42.5 Å². The average molecular weight is 413 g/mol. The molecule has 0 saturated heterocycles. The standard InChI is InChI=1S/C21H24N4O3S/c1-15-14-20(23-25(15)18-8-6-5-7-9-18)21(26)22-16(2)17-10-12-19(13-11-17)29(27,28)24(3)4/h5-14,16H,1-4H3,(H,22,26). The van der Waals surface area contributed by atoms with Crippen molar-refractivity contribution < 1.29 is 13.2 Å². The van der Waals surface area contributed by atoms with Crippen molar-refractivity contribution in [1.82, 2.24) is 19.4 Å². The molecule has 0 fully saturated rings. The maximum atomic E-state index is 12.7. The fourth-order valence-electron chi connectivity index (χ4n) is 2.91. The summed E-state index contributed by atoms with van der Waals surface area (Å²) in [5.74, 6) is -0.291. The van der Waals surface area contributed by atoms with Gasteiger partial charge in [0.15, 0.2) is 5.69 Å². The molecule has 0 spiro atoms. The van der Waals surface area contributed by atoms with Crippen LogP contribution in [-0.2, 0) is 10.0 Å². The van der Waals surface area contributed by atoms with E-state index in [0.29, 0.717) is 5.69 Å². The predicted molar refractivity (Wildman–Crippen MR) is 111 cm³/mol. The number of hydrogen-bond acceptors (Lipinski definition) is 4. The van der Waals surface area contributed by atoms with Crippen LogP contribution in [0.4, 0.5) is 0 Å². The van der Waals surface area contributed by atoms with Crippen molar-refractivity contribution in [2.75, 3.05) is 14.1 Å². The monoisotopic (exact) mass is 412 g/mol. The first-order valence-corrected chi connectivity index (χ1v) is 10.6. The Kier molecular flexibility index (Phi) is 5.86. The van der Waals surface area contributed by atoms with Crippen molar-refractivity contribution in [1.29, 1.82) is 0 Å². The predicted octanol–water partition coefficient (Wildman–Crippen LogP) is 2.92. The van der Waals surface area contributed by atoms with Crippen LogP contribution in [0, 0.1) is 6.92 Å². The number of para-hydroxylation sites is 1. The molecule has 1 N–H and O–H groups in total. The van der Waals surface area contributed by atoms with Gasteiger partial charge in [-0.15, -0.1) is 0 Å². The molecule has 2 aromatic carbocycles. The zero-order chi connectivity index (χ0) is 21.2. The first-order valence-electron chi connectivity index (χ1n) is 9.15. The first kappa shape index (κ1) is 20.8. The smallest absolute Gasteiger partial charge is 0.272 e. The molecule has 29 heavy (non-hydrogen) atoms. The van der Waals surface area contributed by atoms with E-state index >= 15 is 0 Å². The van der Waals surface area contributed by atoms with Crippen LogP contribution in [0.25, 0.3) is 5.69 Å². The average Bonchev–Trinajstić information content (AvgIpc) is 3.10. The van der Waals surface area contributed by atoms with Crippen LogP contribution < -0.4 is 5.32 Å². The van der Waals surface area contributed by atoms with Crippen LogP contribution in [0.2, 0.25) is 0 Å². The largest absolute Gasteiger partial charge is 0.344 e. The number of aryl methyl sites for hydroxylation is 1. The summed E-state index contributed by atoms with van der Waals surface area (Å²) in [6.07, 6.45) is 0. The van der Waals surface area contributed by atoms with Crippen molar-refractivity contribution in [3.05, 3.63) is 77.6 Å². The molecule has 3 aromatic rings. The Bertz CT molecular complexity index is 1100. The van der Waals surface area contributed by atoms with Gasteiger partial charge in [0.1, 0.15) is 0 Å². The van der Waals surface area contributed by atoms with Crippen LogP contribution in [0.1, 0.15) is 34.7 Å².